The fraction of sp³-hybridized carbons (Fsp3) is 0.462. The van der Waals surface area contributed by atoms with E-state index in [1.54, 1.807) is 0 Å². The lowest BCUT2D eigenvalue weighted by molar-refractivity contribution is -0.169. The summed E-state index contributed by atoms with van der Waals surface area (Å²) in [5.41, 5.74) is 0.314. The maximum absolute atomic E-state index is 12.6. The number of nitrogens with zero attached hydrogens (tertiary/aromatic N) is 2. The van der Waals surface area contributed by atoms with Gasteiger partial charge in [-0.3, -0.25) is 14.6 Å². The Morgan fingerprint density at radius 1 is 1.38 bits per heavy atom. The average molecular weight is 301 g/mol. The van der Waals surface area contributed by atoms with Gasteiger partial charge in [-0.1, -0.05) is 0 Å². The number of hydrogen-bond acceptors (Lipinski definition) is 3. The number of halogens is 3. The summed E-state index contributed by atoms with van der Waals surface area (Å²) in [4.78, 5) is 28.4. The number of nitrogens with one attached hydrogen (secondary N) is 1. The van der Waals surface area contributed by atoms with E-state index in [-0.39, 0.29) is 30.8 Å². The third-order valence-corrected chi connectivity index (χ3v) is 3.41. The standard InChI is InChI=1S/C13H14F3N3O2/c1-17-11(20)10-3-2-8(6-18-10)12(21)19-5-4-9(7-19)13(14,15)16/h2-3,6,9H,4-5,7H2,1H3,(H,17,20). The molecule has 1 aromatic heterocycles. The molecule has 2 rings (SSSR count). The summed E-state index contributed by atoms with van der Waals surface area (Å²) >= 11 is 0. The van der Waals surface area contributed by atoms with Crippen LogP contribution in [0.15, 0.2) is 18.3 Å². The molecule has 2 heterocycles. The molecule has 1 N–H and O–H groups in total. The highest BCUT2D eigenvalue weighted by Gasteiger charge is 2.44. The Morgan fingerprint density at radius 3 is 2.57 bits per heavy atom. The van der Waals surface area contributed by atoms with E-state index in [0.717, 1.165) is 4.90 Å². The highest BCUT2D eigenvalue weighted by molar-refractivity contribution is 5.96. The Bertz CT molecular complexity index is 543. The topological polar surface area (TPSA) is 62.3 Å². The third kappa shape index (κ3) is 3.32. The van der Waals surface area contributed by atoms with Crippen molar-refractivity contribution in [2.45, 2.75) is 12.6 Å². The molecule has 21 heavy (non-hydrogen) atoms. The largest absolute Gasteiger partial charge is 0.393 e. The molecule has 1 aromatic rings. The first-order valence-electron chi connectivity index (χ1n) is 6.37. The normalized spacial score (nSPS) is 18.7. The lowest BCUT2D eigenvalue weighted by Gasteiger charge is -2.17. The molecule has 0 aliphatic carbocycles. The first-order valence-corrected chi connectivity index (χ1v) is 6.37. The van der Waals surface area contributed by atoms with Crippen LogP contribution in [0.25, 0.3) is 0 Å². The quantitative estimate of drug-likeness (QED) is 0.899. The second-order valence-corrected chi connectivity index (χ2v) is 4.79. The van der Waals surface area contributed by atoms with Crippen molar-refractivity contribution in [1.82, 2.24) is 15.2 Å². The molecule has 1 atom stereocenters. The van der Waals surface area contributed by atoms with Gasteiger partial charge in [0.2, 0.25) is 0 Å². The lowest BCUT2D eigenvalue weighted by atomic mass is 10.1. The summed E-state index contributed by atoms with van der Waals surface area (Å²) in [6.07, 6.45) is -3.16. The van der Waals surface area contributed by atoms with Gasteiger partial charge >= 0.3 is 6.18 Å². The minimum atomic E-state index is -4.28. The van der Waals surface area contributed by atoms with Crippen LogP contribution in [0.5, 0.6) is 0 Å². The van der Waals surface area contributed by atoms with E-state index in [0.29, 0.717) is 0 Å². The molecule has 1 aliphatic heterocycles. The molecule has 8 heteroatoms. The van der Waals surface area contributed by atoms with Gasteiger partial charge < -0.3 is 10.2 Å². The third-order valence-electron chi connectivity index (χ3n) is 3.41. The minimum absolute atomic E-state index is 0.0697. The van der Waals surface area contributed by atoms with Gasteiger partial charge in [0.1, 0.15) is 5.69 Å². The number of likely N-dealkylation sites (tertiary alicyclic amines) is 1. The number of aromatic nitrogens is 1. The summed E-state index contributed by atoms with van der Waals surface area (Å²) in [6.45, 7) is -0.264. The van der Waals surface area contributed by atoms with Crippen molar-refractivity contribution in [2.24, 2.45) is 5.92 Å². The Balaban J connectivity index is 2.06. The zero-order valence-electron chi connectivity index (χ0n) is 11.3. The van der Waals surface area contributed by atoms with E-state index >= 15 is 0 Å². The van der Waals surface area contributed by atoms with Crippen LogP contribution in [0.1, 0.15) is 27.3 Å². The van der Waals surface area contributed by atoms with Crippen molar-refractivity contribution >= 4 is 11.8 Å². The van der Waals surface area contributed by atoms with E-state index in [1.165, 1.54) is 25.4 Å². The fourth-order valence-electron chi connectivity index (χ4n) is 2.18. The molecule has 1 saturated heterocycles. The van der Waals surface area contributed by atoms with Crippen LogP contribution in [-0.2, 0) is 0 Å². The Hall–Kier alpha value is -2.12. The van der Waals surface area contributed by atoms with Gasteiger partial charge in [0.25, 0.3) is 11.8 Å². The number of rotatable bonds is 2. The maximum atomic E-state index is 12.6. The number of hydrogen-bond donors (Lipinski definition) is 1. The summed E-state index contributed by atoms with van der Waals surface area (Å²) in [5, 5.41) is 2.39. The van der Waals surface area contributed by atoms with Crippen LogP contribution in [0.4, 0.5) is 13.2 Å². The minimum Gasteiger partial charge on any atom is -0.354 e. The summed E-state index contributed by atoms with van der Waals surface area (Å²) in [7, 11) is 1.45. The van der Waals surface area contributed by atoms with Gasteiger partial charge in [0.05, 0.1) is 11.5 Å². The second-order valence-electron chi connectivity index (χ2n) is 4.79. The summed E-state index contributed by atoms with van der Waals surface area (Å²) in [6, 6.07) is 2.75. The molecule has 1 unspecified atom stereocenters. The van der Waals surface area contributed by atoms with Crippen molar-refractivity contribution in [3.05, 3.63) is 29.6 Å². The number of amides is 2. The van der Waals surface area contributed by atoms with E-state index in [4.69, 9.17) is 0 Å². The predicted molar refractivity (Wildman–Crippen MR) is 67.7 cm³/mol. The first-order chi connectivity index (χ1) is 9.82. The van der Waals surface area contributed by atoms with Gasteiger partial charge in [0, 0.05) is 26.3 Å². The summed E-state index contributed by atoms with van der Waals surface area (Å²) in [5.74, 6) is -2.37. The highest BCUT2D eigenvalue weighted by Crippen LogP contribution is 2.33. The number of carbonyl (C=O) groups is 2. The smallest absolute Gasteiger partial charge is 0.354 e. The van der Waals surface area contributed by atoms with Gasteiger partial charge in [0.15, 0.2) is 0 Å². The molecule has 0 aromatic carbocycles. The van der Waals surface area contributed by atoms with Crippen molar-refractivity contribution in [1.29, 1.82) is 0 Å². The monoisotopic (exact) mass is 301 g/mol. The van der Waals surface area contributed by atoms with E-state index in [1.807, 2.05) is 0 Å². The Kier molecular flexibility index (Phi) is 4.15. The molecule has 1 fully saturated rings. The molecule has 0 bridgehead atoms. The van der Waals surface area contributed by atoms with Crippen molar-refractivity contribution in [3.8, 4) is 0 Å². The Labute approximate surface area is 119 Å². The van der Waals surface area contributed by atoms with Crippen LogP contribution in [0.2, 0.25) is 0 Å². The molecule has 0 radical (unpaired) electrons. The number of alkyl halides is 3. The highest BCUT2D eigenvalue weighted by atomic mass is 19.4. The molecular formula is C13H14F3N3O2. The second kappa shape index (κ2) is 5.71. The van der Waals surface area contributed by atoms with Gasteiger partial charge in [-0.15, -0.1) is 0 Å². The maximum Gasteiger partial charge on any atom is 0.393 e. The zero-order valence-corrected chi connectivity index (χ0v) is 11.3. The molecule has 0 spiro atoms. The molecule has 2 amide bonds. The van der Waals surface area contributed by atoms with Crippen LogP contribution >= 0.6 is 0 Å². The van der Waals surface area contributed by atoms with Crippen LogP contribution < -0.4 is 5.32 Å². The average Bonchev–Trinajstić information content (AvgIpc) is 2.95. The van der Waals surface area contributed by atoms with Crippen molar-refractivity contribution < 1.29 is 22.8 Å². The van der Waals surface area contributed by atoms with Crippen LogP contribution in [0, 0.1) is 5.92 Å². The van der Waals surface area contributed by atoms with Gasteiger partial charge in [-0.05, 0) is 18.6 Å². The van der Waals surface area contributed by atoms with E-state index in [2.05, 4.69) is 10.3 Å². The Morgan fingerprint density at radius 2 is 2.10 bits per heavy atom. The lowest BCUT2D eigenvalue weighted by Crippen LogP contribution is -2.32. The predicted octanol–water partition coefficient (Wildman–Crippen LogP) is 1.47. The summed E-state index contributed by atoms with van der Waals surface area (Å²) < 4.78 is 37.8. The number of carbonyl (C=O) groups excluding carboxylic acids is 2. The van der Waals surface area contributed by atoms with Gasteiger partial charge in [-0.25, -0.2) is 0 Å². The zero-order chi connectivity index (χ0) is 15.6. The molecular weight excluding hydrogens is 287 g/mol. The first kappa shape index (κ1) is 15.3. The van der Waals surface area contributed by atoms with Crippen molar-refractivity contribution in [2.75, 3.05) is 20.1 Å². The van der Waals surface area contributed by atoms with Crippen LogP contribution in [0.3, 0.4) is 0 Å². The molecule has 0 saturated carbocycles. The van der Waals surface area contributed by atoms with Gasteiger partial charge in [-0.2, -0.15) is 13.2 Å². The van der Waals surface area contributed by atoms with E-state index < -0.39 is 23.9 Å². The number of pyridine rings is 1. The van der Waals surface area contributed by atoms with E-state index in [9.17, 15) is 22.8 Å². The molecule has 1 aliphatic rings. The SMILES string of the molecule is CNC(=O)c1ccc(C(=O)N2CCC(C(F)(F)F)C2)cn1. The van der Waals surface area contributed by atoms with Crippen LogP contribution in [-0.4, -0.2) is 48.0 Å². The van der Waals surface area contributed by atoms with Crippen molar-refractivity contribution in [3.63, 3.8) is 0 Å². The molecule has 5 nitrogen and oxygen atoms in total. The fourth-order valence-corrected chi connectivity index (χ4v) is 2.18. The molecule has 114 valence electrons.